The van der Waals surface area contributed by atoms with Crippen LogP contribution in [0.25, 0.3) is 6.08 Å². The van der Waals surface area contributed by atoms with Crippen LogP contribution < -0.4 is 15.9 Å². The predicted octanol–water partition coefficient (Wildman–Crippen LogP) is 7.89. The fourth-order valence-corrected chi connectivity index (χ4v) is 7.58. The number of allylic oxidation sites excluding steroid dienone is 5. The minimum atomic E-state index is -2.09. The smallest absolute Gasteiger partial charge is 0.0608 e. The van der Waals surface area contributed by atoms with Crippen LogP contribution in [0.1, 0.15) is 12.0 Å². The van der Waals surface area contributed by atoms with E-state index in [0.29, 0.717) is 0 Å². The van der Waals surface area contributed by atoms with Gasteiger partial charge < -0.3 is 0 Å². The van der Waals surface area contributed by atoms with Crippen LogP contribution in [0, 0.1) is 0 Å². The van der Waals surface area contributed by atoms with Crippen molar-refractivity contribution in [2.75, 3.05) is 0 Å². The molecule has 1 aliphatic rings. The van der Waals surface area contributed by atoms with Crippen molar-refractivity contribution in [3.63, 3.8) is 0 Å². The fraction of sp³-hybridized carbons (Fsp3) is 0.0303. The zero-order valence-electron chi connectivity index (χ0n) is 20.3. The third-order valence-corrected chi connectivity index (χ3v) is 9.34. The molecule has 0 amide bonds. The first-order valence-electron chi connectivity index (χ1n) is 11.8. The molecule has 0 atom stereocenters. The third-order valence-electron chi connectivity index (χ3n) is 5.64. The standard InChI is InChI=1S/C23H20NP.C10H10.Ti/c1-4-14-21(15-5-1)25(22-16-6-2-7-17-22,23-18-8-3-9-19-23)24-20-12-10-11-13-20;1-2-3-7-10-8-5-4-6-9-10;/h1-12,14-19H,13H2;2-9H,1H2;. The first kappa shape index (κ1) is 27.4. The van der Waals surface area contributed by atoms with E-state index in [4.69, 9.17) is 4.74 Å². The molecule has 0 unspecified atom stereocenters. The molecule has 0 aliphatic heterocycles. The summed E-state index contributed by atoms with van der Waals surface area (Å²) < 4.78 is 5.43. The Kier molecular flexibility index (Phi) is 10.9. The Morgan fingerprint density at radius 1 is 0.639 bits per heavy atom. The van der Waals surface area contributed by atoms with Crippen LogP contribution in [0.5, 0.6) is 0 Å². The molecule has 3 heteroatoms. The van der Waals surface area contributed by atoms with Gasteiger partial charge in [-0.05, 0) is 11.6 Å². The second-order valence-electron chi connectivity index (χ2n) is 8.04. The van der Waals surface area contributed by atoms with Crippen molar-refractivity contribution in [1.29, 1.82) is 0 Å². The predicted molar refractivity (Wildman–Crippen MR) is 155 cm³/mol. The summed E-state index contributed by atoms with van der Waals surface area (Å²) in [4.78, 5) is 0. The Morgan fingerprint density at radius 3 is 1.47 bits per heavy atom. The van der Waals surface area contributed by atoms with Gasteiger partial charge in [-0.1, -0.05) is 158 Å². The minimum Gasteiger partial charge on any atom is -0.258 e. The van der Waals surface area contributed by atoms with E-state index >= 15 is 0 Å². The van der Waals surface area contributed by atoms with Gasteiger partial charge in [-0.3, -0.25) is 4.74 Å². The van der Waals surface area contributed by atoms with Gasteiger partial charge >= 0.3 is 0 Å². The molecule has 5 rings (SSSR count). The Labute approximate surface area is 230 Å². The molecule has 0 N–H and O–H groups in total. The van der Waals surface area contributed by atoms with E-state index in [1.165, 1.54) is 21.5 Å². The van der Waals surface area contributed by atoms with E-state index in [9.17, 15) is 0 Å². The Balaban J connectivity index is 0.000000278. The monoisotopic (exact) mass is 519 g/mol. The van der Waals surface area contributed by atoms with E-state index in [1.807, 2.05) is 30.4 Å². The van der Waals surface area contributed by atoms with E-state index < -0.39 is 7.05 Å². The summed E-state index contributed by atoms with van der Waals surface area (Å²) in [5.74, 6) is 0. The Morgan fingerprint density at radius 2 is 1.08 bits per heavy atom. The van der Waals surface area contributed by atoms with Gasteiger partial charge in [-0.15, -0.1) is 0 Å². The summed E-state index contributed by atoms with van der Waals surface area (Å²) in [5.41, 5.74) is 2.37. The number of hydrogen-bond donors (Lipinski definition) is 0. The zero-order chi connectivity index (χ0) is 24.2. The molecule has 0 saturated heterocycles. The molecule has 0 spiro atoms. The number of rotatable bonds is 6. The Bertz CT molecular complexity index is 1250. The summed E-state index contributed by atoms with van der Waals surface area (Å²) in [6.07, 6.45) is 13.1. The van der Waals surface area contributed by atoms with Crippen LogP contribution in [0.2, 0.25) is 0 Å². The Hall–Kier alpha value is -3.22. The normalized spacial score (nSPS) is 12.2. The molecule has 4 aromatic rings. The first-order chi connectivity index (χ1) is 17.3. The summed E-state index contributed by atoms with van der Waals surface area (Å²) in [7, 11) is -2.09. The molecule has 36 heavy (non-hydrogen) atoms. The molecule has 4 aromatic carbocycles. The summed E-state index contributed by atoms with van der Waals surface area (Å²) in [5, 5.41) is 3.88. The molecule has 0 aromatic heterocycles. The summed E-state index contributed by atoms with van der Waals surface area (Å²) >= 11 is 0. The van der Waals surface area contributed by atoms with Gasteiger partial charge in [0.25, 0.3) is 0 Å². The van der Waals surface area contributed by atoms with Crippen LogP contribution in [0.4, 0.5) is 0 Å². The van der Waals surface area contributed by atoms with Crippen LogP contribution >= 0.6 is 7.05 Å². The van der Waals surface area contributed by atoms with Gasteiger partial charge in [0.2, 0.25) is 0 Å². The van der Waals surface area contributed by atoms with Crippen LogP contribution in [0.15, 0.2) is 169 Å². The van der Waals surface area contributed by atoms with Crippen molar-refractivity contribution >= 4 is 29.0 Å². The fourth-order valence-electron chi connectivity index (χ4n) is 4.00. The number of hydrogen-bond acceptors (Lipinski definition) is 1. The van der Waals surface area contributed by atoms with Gasteiger partial charge in [-0.25, -0.2) is 0 Å². The van der Waals surface area contributed by atoms with E-state index in [0.717, 1.165) is 12.1 Å². The van der Waals surface area contributed by atoms with Crippen molar-refractivity contribution < 1.29 is 21.7 Å². The van der Waals surface area contributed by atoms with Crippen LogP contribution in [0.3, 0.4) is 0 Å². The molecule has 1 aliphatic carbocycles. The molecule has 0 fully saturated rings. The molecule has 0 bridgehead atoms. The van der Waals surface area contributed by atoms with Gasteiger partial charge in [0.15, 0.2) is 0 Å². The molecule has 0 heterocycles. The molecule has 0 saturated carbocycles. The van der Waals surface area contributed by atoms with E-state index in [1.54, 1.807) is 6.08 Å². The average Bonchev–Trinajstić information content (AvgIpc) is 3.46. The van der Waals surface area contributed by atoms with Crippen molar-refractivity contribution in [1.82, 2.24) is 0 Å². The van der Waals surface area contributed by atoms with Gasteiger partial charge in [0.1, 0.15) is 0 Å². The third kappa shape index (κ3) is 6.93. The van der Waals surface area contributed by atoms with Crippen LogP contribution in [-0.4, -0.2) is 0 Å². The molecule has 1 nitrogen and oxygen atoms in total. The van der Waals surface area contributed by atoms with Crippen molar-refractivity contribution in [2.45, 2.75) is 6.42 Å². The van der Waals surface area contributed by atoms with Crippen molar-refractivity contribution in [2.24, 2.45) is 4.74 Å². The maximum Gasteiger partial charge on any atom is 0.0608 e. The number of benzene rings is 4. The second kappa shape index (κ2) is 14.4. The molecular weight excluding hydrogens is 489 g/mol. The number of nitrogens with zero attached hydrogens (tertiary/aromatic N) is 1. The van der Waals surface area contributed by atoms with Gasteiger partial charge in [0.05, 0.1) is 7.05 Å². The van der Waals surface area contributed by atoms with Crippen molar-refractivity contribution in [3.8, 4) is 0 Å². The minimum absolute atomic E-state index is 0. The molecule has 0 radical (unpaired) electrons. The van der Waals surface area contributed by atoms with Crippen LogP contribution in [-0.2, 0) is 21.7 Å². The topological polar surface area (TPSA) is 12.4 Å². The largest absolute Gasteiger partial charge is 0.258 e. The maximum atomic E-state index is 5.43. The summed E-state index contributed by atoms with van der Waals surface area (Å²) in [6.45, 7) is 3.59. The van der Waals surface area contributed by atoms with Crippen molar-refractivity contribution in [3.05, 3.63) is 170 Å². The molecule has 176 valence electrons. The van der Waals surface area contributed by atoms with Gasteiger partial charge in [-0.2, -0.15) is 0 Å². The quantitative estimate of drug-likeness (QED) is 0.140. The average molecular weight is 519 g/mol. The van der Waals surface area contributed by atoms with E-state index in [2.05, 4.69) is 128 Å². The summed E-state index contributed by atoms with van der Waals surface area (Å²) in [6, 6.07) is 42.4. The van der Waals surface area contributed by atoms with Gasteiger partial charge in [0, 0.05) is 49.7 Å². The maximum absolute atomic E-state index is 5.43. The second-order valence-corrected chi connectivity index (χ2v) is 11.1. The first-order valence-corrected chi connectivity index (χ1v) is 13.6. The van der Waals surface area contributed by atoms with E-state index in [-0.39, 0.29) is 21.7 Å². The SMILES string of the molecule is C1=CCC(N=P(c2ccccc2)(c2ccccc2)c2ccccc2)=C1.C=CC=Cc1ccccc1.[Ti]. The zero-order valence-corrected chi connectivity index (χ0v) is 22.8. The molecular formula is C33H30NPTi.